The lowest BCUT2D eigenvalue weighted by Gasteiger charge is -2.20. The lowest BCUT2D eigenvalue weighted by atomic mass is 9.93. The van der Waals surface area contributed by atoms with Crippen LogP contribution in [0.25, 0.3) is 0 Å². The third kappa shape index (κ3) is 5.92. The third-order valence-electron chi connectivity index (χ3n) is 3.52. The summed E-state index contributed by atoms with van der Waals surface area (Å²) in [6.45, 7) is 3.38. The molecule has 128 valence electrons. The van der Waals surface area contributed by atoms with Crippen molar-refractivity contribution in [2.75, 3.05) is 0 Å². The molecule has 0 fully saturated rings. The summed E-state index contributed by atoms with van der Waals surface area (Å²) in [6.07, 6.45) is -3.93. The van der Waals surface area contributed by atoms with Gasteiger partial charge in [-0.25, -0.2) is 0 Å². The molecule has 0 saturated carbocycles. The van der Waals surface area contributed by atoms with Crippen LogP contribution in [0.4, 0.5) is 13.2 Å². The summed E-state index contributed by atoms with van der Waals surface area (Å²) in [5, 5.41) is 11.3. The first-order chi connectivity index (χ1) is 10.6. The first-order valence-electron chi connectivity index (χ1n) is 7.34. The van der Waals surface area contributed by atoms with E-state index in [0.29, 0.717) is 12.0 Å². The molecule has 1 amide bonds. The van der Waals surface area contributed by atoms with Crippen LogP contribution in [0.5, 0.6) is 0 Å². The molecule has 0 bridgehead atoms. The predicted molar refractivity (Wildman–Crippen MR) is 79.0 cm³/mol. The molecular weight excluding hydrogens is 311 g/mol. The van der Waals surface area contributed by atoms with Crippen molar-refractivity contribution in [2.24, 2.45) is 0 Å². The van der Waals surface area contributed by atoms with Gasteiger partial charge in [0.25, 0.3) is 0 Å². The van der Waals surface area contributed by atoms with E-state index < -0.39 is 29.5 Å². The Balaban J connectivity index is 2.83. The Hall–Kier alpha value is -2.05. The number of hydrogen-bond donors (Lipinski definition) is 2. The van der Waals surface area contributed by atoms with E-state index in [1.807, 2.05) is 0 Å². The van der Waals surface area contributed by atoms with Gasteiger partial charge in [0.15, 0.2) is 0 Å². The number of carbonyl (C=O) groups is 2. The maximum Gasteiger partial charge on any atom is 0.416 e. The van der Waals surface area contributed by atoms with Gasteiger partial charge in [-0.1, -0.05) is 25.1 Å². The molecule has 7 heteroatoms. The molecule has 2 N–H and O–H groups in total. The largest absolute Gasteiger partial charge is 0.481 e. The van der Waals surface area contributed by atoms with E-state index in [-0.39, 0.29) is 18.9 Å². The van der Waals surface area contributed by atoms with Crippen molar-refractivity contribution < 1.29 is 27.9 Å². The highest BCUT2D eigenvalue weighted by Gasteiger charge is 2.31. The van der Waals surface area contributed by atoms with Crippen LogP contribution in [0.15, 0.2) is 24.3 Å². The molecule has 0 radical (unpaired) electrons. The van der Waals surface area contributed by atoms with Crippen molar-refractivity contribution >= 4 is 11.9 Å². The summed E-state index contributed by atoms with van der Waals surface area (Å²) in [5.41, 5.74) is -0.495. The summed E-state index contributed by atoms with van der Waals surface area (Å²) < 4.78 is 38.3. The van der Waals surface area contributed by atoms with Crippen molar-refractivity contribution in [3.63, 3.8) is 0 Å². The highest BCUT2D eigenvalue weighted by molar-refractivity contribution is 5.84. The zero-order chi connectivity index (χ0) is 17.6. The van der Waals surface area contributed by atoms with Crippen LogP contribution in [0, 0.1) is 0 Å². The van der Waals surface area contributed by atoms with Crippen molar-refractivity contribution in [2.45, 2.75) is 51.2 Å². The smallest absolute Gasteiger partial charge is 0.416 e. The van der Waals surface area contributed by atoms with Gasteiger partial charge in [-0.3, -0.25) is 9.59 Å². The molecular formula is C16H20F3NO3. The molecule has 0 saturated heterocycles. The van der Waals surface area contributed by atoms with Crippen LogP contribution in [0.3, 0.4) is 0 Å². The zero-order valence-corrected chi connectivity index (χ0v) is 13.0. The van der Waals surface area contributed by atoms with E-state index in [2.05, 4.69) is 5.32 Å². The lowest BCUT2D eigenvalue weighted by molar-refractivity contribution is -0.138. The number of aliphatic carboxylic acids is 1. The highest BCUT2D eigenvalue weighted by atomic mass is 19.4. The fraction of sp³-hybridized carbons (Fsp3) is 0.500. The fourth-order valence-corrected chi connectivity index (χ4v) is 2.26. The Morgan fingerprint density at radius 2 is 1.96 bits per heavy atom. The van der Waals surface area contributed by atoms with E-state index in [1.54, 1.807) is 13.8 Å². The number of hydrogen-bond acceptors (Lipinski definition) is 2. The maximum atomic E-state index is 12.8. The van der Waals surface area contributed by atoms with Crippen LogP contribution >= 0.6 is 0 Å². The average Bonchev–Trinajstić information content (AvgIpc) is 2.45. The SMILES string of the molecule is CCC(C(=O)NC(C)CCC(=O)O)c1cccc(C(F)(F)F)c1. The molecule has 0 aromatic heterocycles. The van der Waals surface area contributed by atoms with Crippen LogP contribution in [-0.4, -0.2) is 23.0 Å². The maximum absolute atomic E-state index is 12.8. The number of alkyl halides is 3. The van der Waals surface area contributed by atoms with Crippen molar-refractivity contribution in [3.8, 4) is 0 Å². The molecule has 4 nitrogen and oxygen atoms in total. The molecule has 0 aliphatic carbocycles. The van der Waals surface area contributed by atoms with E-state index in [1.165, 1.54) is 12.1 Å². The number of halogens is 3. The molecule has 0 aliphatic rings. The number of nitrogens with one attached hydrogen (secondary N) is 1. The third-order valence-corrected chi connectivity index (χ3v) is 3.52. The van der Waals surface area contributed by atoms with Gasteiger partial charge >= 0.3 is 12.1 Å². The van der Waals surface area contributed by atoms with Gasteiger partial charge in [0.1, 0.15) is 0 Å². The summed E-state index contributed by atoms with van der Waals surface area (Å²) in [5.74, 6) is -2.06. The van der Waals surface area contributed by atoms with E-state index in [9.17, 15) is 22.8 Å². The van der Waals surface area contributed by atoms with Gasteiger partial charge in [-0.2, -0.15) is 13.2 Å². The standard InChI is InChI=1S/C16H20F3NO3/c1-3-13(15(23)20-10(2)7-8-14(21)22)11-5-4-6-12(9-11)16(17,18)19/h4-6,9-10,13H,3,7-8H2,1-2H3,(H,20,23)(H,21,22). The number of benzene rings is 1. The van der Waals surface area contributed by atoms with E-state index in [0.717, 1.165) is 12.1 Å². The van der Waals surface area contributed by atoms with Gasteiger partial charge in [-0.05, 0) is 31.4 Å². The van der Waals surface area contributed by atoms with Crippen LogP contribution in [0.2, 0.25) is 0 Å². The molecule has 0 spiro atoms. The molecule has 2 unspecified atom stereocenters. The average molecular weight is 331 g/mol. The first kappa shape index (κ1) is 19.0. The second-order valence-corrected chi connectivity index (χ2v) is 5.43. The van der Waals surface area contributed by atoms with Gasteiger partial charge in [0.05, 0.1) is 11.5 Å². The van der Waals surface area contributed by atoms with Crippen LogP contribution < -0.4 is 5.32 Å². The number of carboxylic acids is 1. The van der Waals surface area contributed by atoms with Gasteiger partial charge in [0.2, 0.25) is 5.91 Å². The molecule has 0 aliphatic heterocycles. The Kier molecular flexibility index (Phi) is 6.60. The molecule has 0 heterocycles. The molecule has 1 aromatic rings. The lowest BCUT2D eigenvalue weighted by Crippen LogP contribution is -2.36. The summed E-state index contributed by atoms with van der Waals surface area (Å²) in [7, 11) is 0. The minimum atomic E-state index is -4.46. The first-order valence-corrected chi connectivity index (χ1v) is 7.34. The number of amides is 1. The van der Waals surface area contributed by atoms with Crippen LogP contribution in [0.1, 0.15) is 50.2 Å². The Morgan fingerprint density at radius 3 is 2.48 bits per heavy atom. The minimum Gasteiger partial charge on any atom is -0.481 e. The van der Waals surface area contributed by atoms with E-state index >= 15 is 0 Å². The summed E-state index contributed by atoms with van der Waals surface area (Å²) >= 11 is 0. The molecule has 23 heavy (non-hydrogen) atoms. The normalized spacial score (nSPS) is 14.1. The van der Waals surface area contributed by atoms with Crippen molar-refractivity contribution in [1.29, 1.82) is 0 Å². The van der Waals surface area contributed by atoms with Crippen LogP contribution in [-0.2, 0) is 15.8 Å². The van der Waals surface area contributed by atoms with Crippen molar-refractivity contribution in [1.82, 2.24) is 5.32 Å². The summed E-state index contributed by atoms with van der Waals surface area (Å²) in [4.78, 5) is 22.8. The minimum absolute atomic E-state index is 0.0816. The number of carbonyl (C=O) groups excluding carboxylic acids is 1. The molecule has 1 aromatic carbocycles. The Labute approximate surface area is 132 Å². The van der Waals surface area contributed by atoms with Gasteiger partial charge < -0.3 is 10.4 Å². The van der Waals surface area contributed by atoms with Gasteiger partial charge in [0, 0.05) is 12.5 Å². The fourth-order valence-electron chi connectivity index (χ4n) is 2.26. The number of carboxylic acid groups (broad SMARTS) is 1. The molecule has 2 atom stereocenters. The zero-order valence-electron chi connectivity index (χ0n) is 13.0. The Bertz CT molecular complexity index is 558. The monoisotopic (exact) mass is 331 g/mol. The highest BCUT2D eigenvalue weighted by Crippen LogP contribution is 2.31. The quantitative estimate of drug-likeness (QED) is 0.803. The topological polar surface area (TPSA) is 66.4 Å². The van der Waals surface area contributed by atoms with Gasteiger partial charge in [-0.15, -0.1) is 0 Å². The van der Waals surface area contributed by atoms with E-state index in [4.69, 9.17) is 5.11 Å². The second-order valence-electron chi connectivity index (χ2n) is 5.43. The molecule has 1 rings (SSSR count). The summed E-state index contributed by atoms with van der Waals surface area (Å²) in [6, 6.07) is 4.35. The number of rotatable bonds is 7. The van der Waals surface area contributed by atoms with Crippen molar-refractivity contribution in [3.05, 3.63) is 35.4 Å². The predicted octanol–water partition coefficient (Wildman–Crippen LogP) is 3.57. The second kappa shape index (κ2) is 7.99. The Morgan fingerprint density at radius 1 is 1.30 bits per heavy atom.